The number of methoxy groups -OCH3 is 1. The lowest BCUT2D eigenvalue weighted by molar-refractivity contribution is 0.0786. The van der Waals surface area contributed by atoms with Crippen LogP contribution in [0.25, 0.3) is 0 Å². The number of anilines is 1. The van der Waals surface area contributed by atoms with E-state index in [1.165, 1.54) is 0 Å². The fourth-order valence-corrected chi connectivity index (χ4v) is 3.79. The fourth-order valence-electron chi connectivity index (χ4n) is 3.05. The van der Waals surface area contributed by atoms with Crippen molar-refractivity contribution in [2.24, 2.45) is 0 Å². The molecule has 0 fully saturated rings. The first kappa shape index (κ1) is 23.4. The zero-order chi connectivity index (χ0) is 23.1. The summed E-state index contributed by atoms with van der Waals surface area (Å²) in [7, 11) is 3.29. The number of hydrogen-bond donors (Lipinski definition) is 2. The lowest BCUT2D eigenvalue weighted by Crippen LogP contribution is -2.35. The second kappa shape index (κ2) is 10.9. The van der Waals surface area contributed by atoms with Gasteiger partial charge >= 0.3 is 0 Å². The van der Waals surface area contributed by atoms with E-state index < -0.39 is 0 Å². The number of thiocarbonyl (C=S) groups is 1. The van der Waals surface area contributed by atoms with Gasteiger partial charge in [-0.1, -0.05) is 42.5 Å². The standard InChI is InChI=1S/C24H22BrN3O3S/c1-28(15-16-8-4-3-5-9-16)23(30)18-10-6-7-11-20(18)26-24(32)27-22(29)17-12-13-21(31-2)19(25)14-17/h3-14H,15H2,1-2H3,(H2,26,27,29,32). The average molecular weight is 512 g/mol. The number of amides is 2. The summed E-state index contributed by atoms with van der Waals surface area (Å²) in [4.78, 5) is 27.2. The Balaban J connectivity index is 1.68. The molecule has 3 rings (SSSR count). The summed E-state index contributed by atoms with van der Waals surface area (Å²) in [5.74, 6) is 0.0790. The van der Waals surface area contributed by atoms with E-state index in [2.05, 4.69) is 26.6 Å². The van der Waals surface area contributed by atoms with Crippen molar-refractivity contribution in [2.45, 2.75) is 6.54 Å². The van der Waals surface area contributed by atoms with E-state index in [4.69, 9.17) is 17.0 Å². The van der Waals surface area contributed by atoms with Gasteiger partial charge < -0.3 is 15.0 Å². The summed E-state index contributed by atoms with van der Waals surface area (Å²) < 4.78 is 5.84. The Kier molecular flexibility index (Phi) is 7.97. The quantitative estimate of drug-likeness (QED) is 0.462. The SMILES string of the molecule is COc1ccc(C(=O)NC(=S)Nc2ccccc2C(=O)N(C)Cc2ccccc2)cc1Br. The molecule has 32 heavy (non-hydrogen) atoms. The van der Waals surface area contributed by atoms with Crippen molar-refractivity contribution in [3.05, 3.63) is 94.0 Å². The van der Waals surface area contributed by atoms with Gasteiger partial charge in [-0.2, -0.15) is 0 Å². The molecule has 0 saturated carbocycles. The Bertz CT molecular complexity index is 1140. The number of rotatable bonds is 6. The van der Waals surface area contributed by atoms with Gasteiger partial charge in [0.05, 0.1) is 22.8 Å². The van der Waals surface area contributed by atoms with Crippen LogP contribution < -0.4 is 15.4 Å². The Labute approximate surface area is 200 Å². The largest absolute Gasteiger partial charge is 0.496 e. The minimum Gasteiger partial charge on any atom is -0.496 e. The van der Waals surface area contributed by atoms with Gasteiger partial charge in [0.2, 0.25) is 0 Å². The highest BCUT2D eigenvalue weighted by atomic mass is 79.9. The number of ether oxygens (including phenoxy) is 1. The molecule has 0 bridgehead atoms. The zero-order valence-electron chi connectivity index (χ0n) is 17.6. The van der Waals surface area contributed by atoms with Crippen LogP contribution in [0.4, 0.5) is 5.69 Å². The molecule has 0 aliphatic rings. The number of hydrogen-bond acceptors (Lipinski definition) is 4. The van der Waals surface area contributed by atoms with E-state index in [1.807, 2.05) is 30.3 Å². The van der Waals surface area contributed by atoms with Gasteiger partial charge in [-0.3, -0.25) is 14.9 Å². The fraction of sp³-hybridized carbons (Fsp3) is 0.125. The molecule has 2 N–H and O–H groups in total. The molecule has 0 aliphatic carbocycles. The number of carbonyl (C=O) groups is 2. The first-order chi connectivity index (χ1) is 15.4. The maximum absolute atomic E-state index is 13.0. The van der Waals surface area contributed by atoms with Crippen molar-refractivity contribution in [3.8, 4) is 5.75 Å². The van der Waals surface area contributed by atoms with Crippen LogP contribution >= 0.6 is 28.1 Å². The summed E-state index contributed by atoms with van der Waals surface area (Å²) in [6, 6.07) is 21.8. The molecule has 6 nitrogen and oxygen atoms in total. The Hall–Kier alpha value is -3.23. The highest BCUT2D eigenvalue weighted by Crippen LogP contribution is 2.25. The van der Waals surface area contributed by atoms with Crippen molar-refractivity contribution in [2.75, 3.05) is 19.5 Å². The lowest BCUT2D eigenvalue weighted by atomic mass is 10.1. The second-order valence-electron chi connectivity index (χ2n) is 6.95. The van der Waals surface area contributed by atoms with Gasteiger partial charge in [0.25, 0.3) is 11.8 Å². The molecule has 164 valence electrons. The molecule has 0 radical (unpaired) electrons. The molecule has 0 aliphatic heterocycles. The number of halogens is 1. The summed E-state index contributed by atoms with van der Waals surface area (Å²) in [6.45, 7) is 0.474. The monoisotopic (exact) mass is 511 g/mol. The van der Waals surface area contributed by atoms with Crippen LogP contribution in [0.5, 0.6) is 5.75 Å². The number of nitrogens with one attached hydrogen (secondary N) is 2. The van der Waals surface area contributed by atoms with Gasteiger partial charge in [0.1, 0.15) is 5.75 Å². The zero-order valence-corrected chi connectivity index (χ0v) is 20.0. The number of nitrogens with zero attached hydrogens (tertiary/aromatic N) is 1. The van der Waals surface area contributed by atoms with Crippen LogP contribution in [-0.2, 0) is 6.54 Å². The highest BCUT2D eigenvalue weighted by Gasteiger charge is 2.17. The third-order valence-electron chi connectivity index (χ3n) is 4.66. The number of benzene rings is 3. The molecule has 0 atom stereocenters. The van der Waals surface area contributed by atoms with Crippen LogP contribution in [-0.4, -0.2) is 36.0 Å². The highest BCUT2D eigenvalue weighted by molar-refractivity contribution is 9.10. The molecule has 2 amide bonds. The van der Waals surface area contributed by atoms with Crippen molar-refractivity contribution in [3.63, 3.8) is 0 Å². The first-order valence-electron chi connectivity index (χ1n) is 9.73. The second-order valence-corrected chi connectivity index (χ2v) is 8.21. The van der Waals surface area contributed by atoms with Crippen LogP contribution in [0.2, 0.25) is 0 Å². The summed E-state index contributed by atoms with van der Waals surface area (Å²) in [6.07, 6.45) is 0. The molecular formula is C24H22BrN3O3S. The van der Waals surface area contributed by atoms with Crippen LogP contribution in [0.3, 0.4) is 0 Å². The Morgan fingerprint density at radius 3 is 2.41 bits per heavy atom. The van der Waals surface area contributed by atoms with E-state index in [0.29, 0.717) is 33.6 Å². The van der Waals surface area contributed by atoms with E-state index in [0.717, 1.165) is 5.56 Å². The smallest absolute Gasteiger partial charge is 0.257 e. The number of carbonyl (C=O) groups excluding carboxylic acids is 2. The lowest BCUT2D eigenvalue weighted by Gasteiger charge is -2.20. The molecule has 0 heterocycles. The molecule has 3 aromatic carbocycles. The molecule has 0 spiro atoms. The molecule has 0 saturated heterocycles. The van der Waals surface area contributed by atoms with Crippen LogP contribution in [0, 0.1) is 0 Å². The van der Waals surface area contributed by atoms with E-state index in [9.17, 15) is 9.59 Å². The van der Waals surface area contributed by atoms with Crippen LogP contribution in [0.1, 0.15) is 26.3 Å². The first-order valence-corrected chi connectivity index (χ1v) is 10.9. The summed E-state index contributed by atoms with van der Waals surface area (Å²) in [5.41, 5.74) is 2.41. The maximum atomic E-state index is 13.0. The maximum Gasteiger partial charge on any atom is 0.257 e. The van der Waals surface area contributed by atoms with Gasteiger partial charge in [-0.25, -0.2) is 0 Å². The predicted octanol–water partition coefficient (Wildman–Crippen LogP) is 4.86. The van der Waals surface area contributed by atoms with Crippen molar-refractivity contribution in [1.29, 1.82) is 0 Å². The van der Waals surface area contributed by atoms with Crippen molar-refractivity contribution >= 4 is 50.8 Å². The topological polar surface area (TPSA) is 70.7 Å². The Morgan fingerprint density at radius 2 is 1.72 bits per heavy atom. The van der Waals surface area contributed by atoms with Crippen LogP contribution in [0.15, 0.2) is 77.3 Å². The molecule has 0 aromatic heterocycles. The van der Waals surface area contributed by atoms with Gasteiger partial charge in [0, 0.05) is 19.2 Å². The minimum atomic E-state index is -0.379. The minimum absolute atomic E-state index is 0.0907. The van der Waals surface area contributed by atoms with Crippen molar-refractivity contribution < 1.29 is 14.3 Å². The predicted molar refractivity (Wildman–Crippen MR) is 133 cm³/mol. The Morgan fingerprint density at radius 1 is 1.03 bits per heavy atom. The number of para-hydroxylation sites is 1. The van der Waals surface area contributed by atoms with Gasteiger partial charge in [-0.15, -0.1) is 0 Å². The van der Waals surface area contributed by atoms with E-state index in [1.54, 1.807) is 61.5 Å². The van der Waals surface area contributed by atoms with E-state index in [-0.39, 0.29) is 16.9 Å². The summed E-state index contributed by atoms with van der Waals surface area (Å²) >= 11 is 8.67. The normalized spacial score (nSPS) is 10.2. The van der Waals surface area contributed by atoms with Gasteiger partial charge in [0.15, 0.2) is 5.11 Å². The molecule has 3 aromatic rings. The average Bonchev–Trinajstić information content (AvgIpc) is 2.79. The summed E-state index contributed by atoms with van der Waals surface area (Å²) in [5, 5.41) is 5.69. The van der Waals surface area contributed by atoms with Gasteiger partial charge in [-0.05, 0) is 64.0 Å². The molecule has 0 unspecified atom stereocenters. The third kappa shape index (κ3) is 5.93. The molecule has 8 heteroatoms. The molecular weight excluding hydrogens is 490 g/mol. The third-order valence-corrected chi connectivity index (χ3v) is 5.48. The van der Waals surface area contributed by atoms with E-state index >= 15 is 0 Å². The van der Waals surface area contributed by atoms with Crippen molar-refractivity contribution in [1.82, 2.24) is 10.2 Å².